The second-order valence-corrected chi connectivity index (χ2v) is 2.83. The summed E-state index contributed by atoms with van der Waals surface area (Å²) < 4.78 is 5.04. The van der Waals surface area contributed by atoms with Gasteiger partial charge in [-0.05, 0) is 19.8 Å². The van der Waals surface area contributed by atoms with Crippen LogP contribution in [-0.4, -0.2) is 10.8 Å². The number of nitrogens with zero attached hydrogens (tertiary/aromatic N) is 1. The number of aromatic nitrogens is 1. The summed E-state index contributed by atoms with van der Waals surface area (Å²) in [7, 11) is 0. The molecular formula is C9H13NO2. The zero-order chi connectivity index (χ0) is 8.81. The van der Waals surface area contributed by atoms with Crippen molar-refractivity contribution in [3.63, 3.8) is 0 Å². The van der Waals surface area contributed by atoms with Gasteiger partial charge in [0, 0.05) is 12.8 Å². The third-order valence-electron chi connectivity index (χ3n) is 1.65. The molecule has 66 valence electrons. The summed E-state index contributed by atoms with van der Waals surface area (Å²) in [5.41, 5.74) is 0. The molecule has 0 amide bonds. The first kappa shape index (κ1) is 8.97. The molecule has 0 saturated carbocycles. The van der Waals surface area contributed by atoms with Crippen molar-refractivity contribution in [2.75, 3.05) is 0 Å². The minimum atomic E-state index is 0.252. The highest BCUT2D eigenvalue weighted by Gasteiger charge is 1.98. The molecule has 0 bridgehead atoms. The Kier molecular flexibility index (Phi) is 3.51. The van der Waals surface area contributed by atoms with Gasteiger partial charge in [-0.2, -0.15) is 0 Å². The predicted molar refractivity (Wildman–Crippen MR) is 44.7 cm³/mol. The Bertz CT molecular complexity index is 229. The third-order valence-corrected chi connectivity index (χ3v) is 1.65. The van der Waals surface area contributed by atoms with Gasteiger partial charge in [0.05, 0.1) is 6.20 Å². The van der Waals surface area contributed by atoms with Crippen molar-refractivity contribution in [2.24, 2.45) is 0 Å². The monoisotopic (exact) mass is 167 g/mol. The smallest absolute Gasteiger partial charge is 0.193 e. The molecule has 12 heavy (non-hydrogen) atoms. The van der Waals surface area contributed by atoms with E-state index >= 15 is 0 Å². The zero-order valence-corrected chi connectivity index (χ0v) is 7.25. The first-order valence-electron chi connectivity index (χ1n) is 4.17. The van der Waals surface area contributed by atoms with Gasteiger partial charge in [-0.25, -0.2) is 4.98 Å². The van der Waals surface area contributed by atoms with Gasteiger partial charge in [0.1, 0.15) is 12.0 Å². The Morgan fingerprint density at radius 1 is 1.58 bits per heavy atom. The van der Waals surface area contributed by atoms with Crippen LogP contribution in [0, 0.1) is 0 Å². The Morgan fingerprint density at radius 3 is 3.00 bits per heavy atom. The van der Waals surface area contributed by atoms with E-state index in [1.54, 1.807) is 19.4 Å². The number of ketones is 1. The lowest BCUT2D eigenvalue weighted by Gasteiger charge is -1.94. The summed E-state index contributed by atoms with van der Waals surface area (Å²) in [5.74, 6) is 1.01. The molecule has 0 aliphatic heterocycles. The maximum absolute atomic E-state index is 10.6. The first-order chi connectivity index (χ1) is 5.79. The molecule has 3 nitrogen and oxygen atoms in total. The number of hydrogen-bond donors (Lipinski definition) is 0. The molecule has 3 heteroatoms. The molecule has 0 aliphatic rings. The van der Waals surface area contributed by atoms with Crippen molar-refractivity contribution in [2.45, 2.75) is 32.6 Å². The van der Waals surface area contributed by atoms with Crippen LogP contribution in [0.1, 0.15) is 32.1 Å². The quantitative estimate of drug-likeness (QED) is 0.630. The van der Waals surface area contributed by atoms with E-state index in [0.29, 0.717) is 6.42 Å². The van der Waals surface area contributed by atoms with Gasteiger partial charge in [0.2, 0.25) is 0 Å². The molecule has 1 aromatic heterocycles. The Hall–Kier alpha value is -1.12. The topological polar surface area (TPSA) is 43.1 Å². The van der Waals surface area contributed by atoms with E-state index in [-0.39, 0.29) is 5.78 Å². The largest absolute Gasteiger partial charge is 0.449 e. The van der Waals surface area contributed by atoms with Gasteiger partial charge in [-0.3, -0.25) is 0 Å². The highest BCUT2D eigenvalue weighted by Crippen LogP contribution is 2.03. The van der Waals surface area contributed by atoms with Gasteiger partial charge >= 0.3 is 0 Å². The van der Waals surface area contributed by atoms with Crippen LogP contribution in [-0.2, 0) is 11.2 Å². The minimum Gasteiger partial charge on any atom is -0.449 e. The van der Waals surface area contributed by atoms with Crippen LogP contribution in [0.4, 0.5) is 0 Å². The van der Waals surface area contributed by atoms with Crippen molar-refractivity contribution >= 4 is 5.78 Å². The maximum atomic E-state index is 10.6. The van der Waals surface area contributed by atoms with Gasteiger partial charge in [0.25, 0.3) is 0 Å². The number of aryl methyl sites for hydroxylation is 1. The molecule has 0 atom stereocenters. The van der Waals surface area contributed by atoms with Crippen molar-refractivity contribution in [1.82, 2.24) is 4.98 Å². The Morgan fingerprint density at radius 2 is 2.42 bits per heavy atom. The Labute approximate surface area is 71.8 Å². The molecule has 0 aliphatic carbocycles. The highest BCUT2D eigenvalue weighted by atomic mass is 16.3. The molecule has 0 spiro atoms. The van der Waals surface area contributed by atoms with E-state index < -0.39 is 0 Å². The average molecular weight is 167 g/mol. The molecule has 0 aromatic carbocycles. The van der Waals surface area contributed by atoms with Gasteiger partial charge < -0.3 is 9.21 Å². The molecule has 0 N–H and O–H groups in total. The molecule has 1 heterocycles. The molecule has 0 unspecified atom stereocenters. The van der Waals surface area contributed by atoms with E-state index in [2.05, 4.69) is 4.98 Å². The fraction of sp³-hybridized carbons (Fsp3) is 0.556. The lowest BCUT2D eigenvalue weighted by atomic mass is 10.1. The molecular weight excluding hydrogens is 154 g/mol. The molecule has 1 rings (SSSR count). The van der Waals surface area contributed by atoms with Crippen LogP contribution < -0.4 is 0 Å². The summed E-state index contributed by atoms with van der Waals surface area (Å²) in [6, 6.07) is 0. The number of oxazole rings is 1. The average Bonchev–Trinajstić information content (AvgIpc) is 2.49. The summed E-state index contributed by atoms with van der Waals surface area (Å²) in [6.07, 6.45) is 6.61. The Balaban J connectivity index is 2.07. The van der Waals surface area contributed by atoms with Crippen molar-refractivity contribution in [3.05, 3.63) is 18.4 Å². The normalized spacial score (nSPS) is 10.1. The van der Waals surface area contributed by atoms with Crippen LogP contribution in [0.3, 0.4) is 0 Å². The zero-order valence-electron chi connectivity index (χ0n) is 7.25. The fourth-order valence-electron chi connectivity index (χ4n) is 1.03. The lowest BCUT2D eigenvalue weighted by molar-refractivity contribution is -0.117. The van der Waals surface area contributed by atoms with Gasteiger partial charge in [0.15, 0.2) is 5.89 Å². The number of carbonyl (C=O) groups excluding carboxylic acids is 1. The third kappa shape index (κ3) is 3.32. The summed E-state index contributed by atoms with van der Waals surface area (Å²) >= 11 is 0. The number of hydrogen-bond acceptors (Lipinski definition) is 3. The van der Waals surface area contributed by atoms with Gasteiger partial charge in [-0.1, -0.05) is 0 Å². The minimum absolute atomic E-state index is 0.252. The number of Topliss-reactive ketones (excluding diaryl/α,β-unsaturated/α-hetero) is 1. The summed E-state index contributed by atoms with van der Waals surface area (Å²) in [4.78, 5) is 14.5. The summed E-state index contributed by atoms with van der Waals surface area (Å²) in [6.45, 7) is 1.62. The number of unbranched alkanes of at least 4 members (excludes halogenated alkanes) is 1. The van der Waals surface area contributed by atoms with Crippen LogP contribution in [0.15, 0.2) is 16.9 Å². The van der Waals surface area contributed by atoms with Crippen LogP contribution in [0.25, 0.3) is 0 Å². The lowest BCUT2D eigenvalue weighted by Crippen LogP contribution is -1.91. The van der Waals surface area contributed by atoms with Crippen molar-refractivity contribution in [1.29, 1.82) is 0 Å². The van der Waals surface area contributed by atoms with E-state index in [9.17, 15) is 4.79 Å². The second kappa shape index (κ2) is 4.70. The fourth-order valence-corrected chi connectivity index (χ4v) is 1.03. The molecule has 0 fully saturated rings. The number of carbonyl (C=O) groups is 1. The maximum Gasteiger partial charge on any atom is 0.193 e. The predicted octanol–water partition coefficient (Wildman–Crippen LogP) is 1.98. The van der Waals surface area contributed by atoms with Crippen LogP contribution in [0.5, 0.6) is 0 Å². The molecule has 0 radical (unpaired) electrons. The molecule has 0 saturated heterocycles. The van der Waals surface area contributed by atoms with Crippen molar-refractivity contribution in [3.8, 4) is 0 Å². The van der Waals surface area contributed by atoms with Gasteiger partial charge in [-0.15, -0.1) is 0 Å². The first-order valence-corrected chi connectivity index (χ1v) is 4.17. The number of rotatable bonds is 5. The summed E-state index contributed by atoms with van der Waals surface area (Å²) in [5, 5.41) is 0. The van der Waals surface area contributed by atoms with E-state index in [0.717, 1.165) is 25.2 Å². The van der Waals surface area contributed by atoms with Crippen LogP contribution in [0.2, 0.25) is 0 Å². The van der Waals surface area contributed by atoms with E-state index in [4.69, 9.17) is 4.42 Å². The SMILES string of the molecule is CC(=O)CCCCc1ncco1. The standard InChI is InChI=1S/C9H13NO2/c1-8(11)4-2-3-5-9-10-6-7-12-9/h6-7H,2-5H2,1H3. The highest BCUT2D eigenvalue weighted by molar-refractivity contribution is 5.75. The van der Waals surface area contributed by atoms with E-state index in [1.165, 1.54) is 0 Å². The van der Waals surface area contributed by atoms with Crippen molar-refractivity contribution < 1.29 is 9.21 Å². The molecule has 1 aromatic rings. The second-order valence-electron chi connectivity index (χ2n) is 2.83. The van der Waals surface area contributed by atoms with E-state index in [1.807, 2.05) is 0 Å². The van der Waals surface area contributed by atoms with Crippen LogP contribution >= 0.6 is 0 Å².